The fourth-order valence-corrected chi connectivity index (χ4v) is 5.37. The molecule has 0 bridgehead atoms. The van der Waals surface area contributed by atoms with E-state index < -0.39 is 26.7 Å². The second-order valence-corrected chi connectivity index (χ2v) is 7.62. The number of rotatable bonds is 9. The average molecular weight is 318 g/mol. The van der Waals surface area contributed by atoms with Gasteiger partial charge < -0.3 is 23.2 Å². The summed E-state index contributed by atoms with van der Waals surface area (Å²) in [7, 11) is -8.61. The molecule has 114 valence electrons. The molecule has 0 aromatic rings. The van der Waals surface area contributed by atoms with Crippen LogP contribution >= 0.6 is 15.2 Å². The molecule has 0 radical (unpaired) electrons. The zero-order valence-corrected chi connectivity index (χ0v) is 13.2. The van der Waals surface area contributed by atoms with E-state index in [1.807, 2.05) is 0 Å². The first-order valence-electron chi connectivity index (χ1n) is 5.76. The Morgan fingerprint density at radius 3 is 1.79 bits per heavy atom. The zero-order valence-electron chi connectivity index (χ0n) is 11.4. The topological polar surface area (TPSA) is 108 Å². The van der Waals surface area contributed by atoms with E-state index in [2.05, 4.69) is 9.26 Å². The van der Waals surface area contributed by atoms with Gasteiger partial charge in [0.25, 0.3) is 0 Å². The third-order valence-electron chi connectivity index (χ3n) is 1.75. The molecule has 0 aliphatic heterocycles. The van der Waals surface area contributed by atoms with Crippen LogP contribution in [0.5, 0.6) is 0 Å². The molecule has 0 rings (SSSR count). The molecule has 8 nitrogen and oxygen atoms in total. The van der Waals surface area contributed by atoms with E-state index in [0.29, 0.717) is 0 Å². The van der Waals surface area contributed by atoms with Crippen LogP contribution in [-0.2, 0) is 32.2 Å². The summed E-state index contributed by atoms with van der Waals surface area (Å²) in [6, 6.07) is 0. The van der Waals surface area contributed by atoms with Crippen molar-refractivity contribution in [1.82, 2.24) is 0 Å². The summed E-state index contributed by atoms with van der Waals surface area (Å²) in [5, 5.41) is 0. The summed E-state index contributed by atoms with van der Waals surface area (Å²) in [5.41, 5.74) is -1.99. The van der Waals surface area contributed by atoms with Gasteiger partial charge in [-0.05, 0) is 20.8 Å². The van der Waals surface area contributed by atoms with Gasteiger partial charge in [-0.1, -0.05) is 0 Å². The lowest BCUT2D eigenvalue weighted by atomic mass is 10.8. The first-order chi connectivity index (χ1) is 8.73. The van der Waals surface area contributed by atoms with Crippen molar-refractivity contribution >= 4 is 21.2 Å². The highest BCUT2D eigenvalue weighted by Crippen LogP contribution is 2.68. The fourth-order valence-electron chi connectivity index (χ4n) is 1.23. The smallest absolute Gasteiger partial charge is 0.383 e. The van der Waals surface area contributed by atoms with Crippen molar-refractivity contribution < 1.29 is 37.1 Å². The number of hydrogen-bond acceptors (Lipinski definition) is 7. The highest BCUT2D eigenvalue weighted by Gasteiger charge is 2.52. The minimum absolute atomic E-state index is 0.0405. The maximum Gasteiger partial charge on any atom is 0.383 e. The maximum absolute atomic E-state index is 12.4. The van der Waals surface area contributed by atoms with Gasteiger partial charge in [-0.2, -0.15) is 0 Å². The number of hydrogen-bond donors (Lipinski definition) is 1. The summed E-state index contributed by atoms with van der Waals surface area (Å²) >= 11 is 0. The Bertz CT molecular complexity index is 372. The van der Waals surface area contributed by atoms with Gasteiger partial charge in [0.2, 0.25) is 0 Å². The van der Waals surface area contributed by atoms with Crippen LogP contribution < -0.4 is 0 Å². The minimum Gasteiger partial charge on any atom is -0.436 e. The van der Waals surface area contributed by atoms with Crippen LogP contribution in [0.2, 0.25) is 0 Å². The second-order valence-electron chi connectivity index (χ2n) is 3.29. The van der Waals surface area contributed by atoms with Crippen molar-refractivity contribution in [3.63, 3.8) is 0 Å². The molecule has 0 fully saturated rings. The van der Waals surface area contributed by atoms with E-state index >= 15 is 0 Å². The molecule has 10 heteroatoms. The first kappa shape index (κ1) is 18.8. The van der Waals surface area contributed by atoms with E-state index in [9.17, 15) is 18.8 Å². The van der Waals surface area contributed by atoms with Crippen molar-refractivity contribution in [2.24, 2.45) is 0 Å². The first-order valence-corrected chi connectivity index (χ1v) is 9.02. The van der Waals surface area contributed by atoms with Gasteiger partial charge in [-0.15, -0.1) is 0 Å². The molecule has 2 atom stereocenters. The molecule has 0 aromatic heterocycles. The van der Waals surface area contributed by atoms with Crippen molar-refractivity contribution in [2.45, 2.75) is 33.3 Å². The Kier molecular flexibility index (Phi) is 8.05. The molecule has 2 unspecified atom stereocenters. The lowest BCUT2D eigenvalue weighted by molar-refractivity contribution is -0.141. The summed E-state index contributed by atoms with van der Waals surface area (Å²) in [6.45, 7) is 5.34. The lowest BCUT2D eigenvalue weighted by Crippen LogP contribution is -2.21. The molecule has 19 heavy (non-hydrogen) atoms. The molecule has 0 saturated heterocycles. The number of carbonyl (C=O) groups is 1. The molecule has 0 aliphatic rings. The standard InChI is InChI=1S/C9H20O8P2/c1-5-14-18(11,12)9(17-8(4)10)19(13,15-6-2)16-7-3/h9H,5-7H2,1-4H3,(H,11,12). The monoisotopic (exact) mass is 318 g/mol. The van der Waals surface area contributed by atoms with Gasteiger partial charge in [0.15, 0.2) is 0 Å². The van der Waals surface area contributed by atoms with Crippen LogP contribution in [0, 0.1) is 0 Å². The van der Waals surface area contributed by atoms with Gasteiger partial charge in [-0.3, -0.25) is 13.9 Å². The fraction of sp³-hybridized carbons (Fsp3) is 0.889. The summed E-state index contributed by atoms with van der Waals surface area (Å²) in [6.07, 6.45) is 0. The van der Waals surface area contributed by atoms with E-state index in [0.717, 1.165) is 6.92 Å². The highest BCUT2D eigenvalue weighted by molar-refractivity contribution is 7.72. The van der Waals surface area contributed by atoms with Crippen LogP contribution in [-0.4, -0.2) is 36.3 Å². The van der Waals surface area contributed by atoms with Crippen molar-refractivity contribution in [3.05, 3.63) is 0 Å². The normalized spacial score (nSPS) is 16.7. The largest absolute Gasteiger partial charge is 0.436 e. The molecular weight excluding hydrogens is 298 g/mol. The molecule has 0 spiro atoms. The van der Waals surface area contributed by atoms with Gasteiger partial charge >= 0.3 is 26.7 Å². The van der Waals surface area contributed by atoms with Crippen LogP contribution in [0.1, 0.15) is 27.7 Å². The van der Waals surface area contributed by atoms with Crippen molar-refractivity contribution in [2.75, 3.05) is 19.8 Å². The van der Waals surface area contributed by atoms with Crippen molar-refractivity contribution in [3.8, 4) is 0 Å². The maximum atomic E-state index is 12.4. The summed E-state index contributed by atoms with van der Waals surface area (Å²) in [4.78, 5) is 20.8. The average Bonchev–Trinajstić information content (AvgIpc) is 2.26. The van der Waals surface area contributed by atoms with Gasteiger partial charge in [-0.25, -0.2) is 0 Å². The van der Waals surface area contributed by atoms with Gasteiger partial charge in [0.05, 0.1) is 19.8 Å². The molecule has 0 aliphatic carbocycles. The predicted octanol–water partition coefficient (Wildman–Crippen LogP) is 2.32. The predicted molar refractivity (Wildman–Crippen MR) is 67.9 cm³/mol. The van der Waals surface area contributed by atoms with Crippen LogP contribution in [0.15, 0.2) is 0 Å². The number of ether oxygens (including phenoxy) is 1. The number of carbonyl (C=O) groups excluding carboxylic acids is 1. The van der Waals surface area contributed by atoms with Crippen molar-refractivity contribution in [1.29, 1.82) is 0 Å². The molecule has 1 N–H and O–H groups in total. The van der Waals surface area contributed by atoms with E-state index in [4.69, 9.17) is 9.05 Å². The highest BCUT2D eigenvalue weighted by atomic mass is 31.2. The third kappa shape index (κ3) is 5.73. The van der Waals surface area contributed by atoms with Crippen LogP contribution in [0.3, 0.4) is 0 Å². The van der Waals surface area contributed by atoms with Crippen LogP contribution in [0.4, 0.5) is 0 Å². The van der Waals surface area contributed by atoms with Gasteiger partial charge in [0.1, 0.15) is 0 Å². The Hall–Kier alpha value is -0.230. The quantitative estimate of drug-likeness (QED) is 0.509. The molecule has 0 saturated carbocycles. The molecule has 0 amide bonds. The molecule has 0 heterocycles. The van der Waals surface area contributed by atoms with Gasteiger partial charge in [0, 0.05) is 6.92 Å². The van der Waals surface area contributed by atoms with E-state index in [-0.39, 0.29) is 19.8 Å². The minimum atomic E-state index is -4.49. The SMILES string of the molecule is CCOP(=O)(O)C(OC(C)=O)P(=O)(OCC)OCC. The molecule has 0 aromatic carbocycles. The molecular formula is C9H20O8P2. The number of esters is 1. The third-order valence-corrected chi connectivity index (χ3v) is 6.65. The van der Waals surface area contributed by atoms with E-state index in [1.165, 1.54) is 20.8 Å². The zero-order chi connectivity index (χ0) is 15.1. The summed E-state index contributed by atoms with van der Waals surface area (Å²) < 4.78 is 43.5. The Morgan fingerprint density at radius 2 is 1.47 bits per heavy atom. The van der Waals surface area contributed by atoms with E-state index in [1.54, 1.807) is 0 Å². The Morgan fingerprint density at radius 1 is 1.05 bits per heavy atom. The second kappa shape index (κ2) is 8.15. The Labute approximate surface area is 112 Å². The summed E-state index contributed by atoms with van der Waals surface area (Å²) in [5.74, 6) is -0.890. The van der Waals surface area contributed by atoms with Crippen LogP contribution in [0.25, 0.3) is 0 Å². The lowest BCUT2D eigenvalue weighted by Gasteiger charge is -2.27. The Balaban J connectivity index is 5.47.